The van der Waals surface area contributed by atoms with E-state index in [1.54, 1.807) is 0 Å². The molecule has 0 aromatic rings. The highest BCUT2D eigenvalue weighted by Gasteiger charge is 2.23. The number of aliphatic imine (C=N–C) groups is 3. The maximum atomic E-state index is 6.44. The van der Waals surface area contributed by atoms with Crippen LogP contribution in [0.3, 0.4) is 0 Å². The number of hydrogen-bond donors (Lipinski definition) is 1. The van der Waals surface area contributed by atoms with Crippen molar-refractivity contribution in [2.75, 3.05) is 13.1 Å². The Kier molecular flexibility index (Phi) is 11.4. The third-order valence-corrected chi connectivity index (χ3v) is 5.44. The van der Waals surface area contributed by atoms with Gasteiger partial charge in [-0.25, -0.2) is 20.4 Å². The molecular formula is C22H41N5. The molecule has 2 fully saturated rings. The van der Waals surface area contributed by atoms with Crippen molar-refractivity contribution in [3.8, 4) is 0 Å². The lowest BCUT2D eigenvalue weighted by Crippen LogP contribution is -2.38. The summed E-state index contributed by atoms with van der Waals surface area (Å²) in [5.41, 5.74) is -0.123. The minimum absolute atomic E-state index is 0.123. The molecule has 0 unspecified atom stereocenters. The summed E-state index contributed by atoms with van der Waals surface area (Å²) in [7, 11) is 0. The van der Waals surface area contributed by atoms with E-state index in [9.17, 15) is 0 Å². The largest absolute Gasteiger partial charge is 0.301 e. The Balaban J connectivity index is 0.000000445. The standard InChI is InChI=1S/C17H31N3.C5H10N2/c1-3-20(4-2)17-12-10-16(11-13-17)19-14-18-15-8-6-5-7-9-15;1-5(2,3)7-4-6/h15-17H,3-13H2,1-2H3;6H,1-3H3. The van der Waals surface area contributed by atoms with Crippen LogP contribution in [0, 0.1) is 5.41 Å². The van der Waals surface area contributed by atoms with Crippen molar-refractivity contribution >= 4 is 12.0 Å². The van der Waals surface area contributed by atoms with Crippen LogP contribution >= 0.6 is 0 Å². The molecule has 0 atom stereocenters. The number of nitrogens with one attached hydrogen (secondary N) is 1. The number of rotatable bonds is 5. The van der Waals surface area contributed by atoms with Crippen LogP contribution in [0.2, 0.25) is 0 Å². The van der Waals surface area contributed by atoms with Crippen LogP contribution < -0.4 is 0 Å². The van der Waals surface area contributed by atoms with Gasteiger partial charge < -0.3 is 4.90 Å². The minimum Gasteiger partial charge on any atom is -0.301 e. The van der Waals surface area contributed by atoms with E-state index in [0.29, 0.717) is 12.1 Å². The average Bonchev–Trinajstić information content (AvgIpc) is 2.64. The van der Waals surface area contributed by atoms with Crippen molar-refractivity contribution < 1.29 is 0 Å². The van der Waals surface area contributed by atoms with Gasteiger partial charge in [-0.2, -0.15) is 0 Å². The van der Waals surface area contributed by atoms with Gasteiger partial charge in [0.05, 0.1) is 29.6 Å². The first-order valence-corrected chi connectivity index (χ1v) is 10.9. The summed E-state index contributed by atoms with van der Waals surface area (Å²) in [5.74, 6) is 0. The van der Waals surface area contributed by atoms with Crippen LogP contribution in [0.15, 0.2) is 15.0 Å². The second-order valence-corrected chi connectivity index (χ2v) is 8.73. The lowest BCUT2D eigenvalue weighted by atomic mass is 9.90. The van der Waals surface area contributed by atoms with Gasteiger partial charge in [-0.05, 0) is 72.4 Å². The number of nitrogens with zero attached hydrogens (tertiary/aromatic N) is 4. The molecule has 0 aromatic carbocycles. The first-order valence-electron chi connectivity index (χ1n) is 10.9. The topological polar surface area (TPSA) is 64.2 Å². The van der Waals surface area contributed by atoms with E-state index in [1.807, 2.05) is 26.8 Å². The summed E-state index contributed by atoms with van der Waals surface area (Å²) in [4.78, 5) is 15.4. The molecule has 5 nitrogen and oxygen atoms in total. The van der Waals surface area contributed by atoms with Crippen LogP contribution in [-0.4, -0.2) is 53.7 Å². The van der Waals surface area contributed by atoms with Crippen molar-refractivity contribution in [3.63, 3.8) is 0 Å². The van der Waals surface area contributed by atoms with E-state index in [1.165, 1.54) is 70.9 Å². The SMILES string of the molecule is CC(C)(C)N=C=N.CCN(CC)C1CCC(N=C=NC2CCCCC2)CC1. The molecule has 2 aliphatic carbocycles. The zero-order valence-corrected chi connectivity index (χ0v) is 18.3. The quantitative estimate of drug-likeness (QED) is 0.617. The average molecular weight is 376 g/mol. The highest BCUT2D eigenvalue weighted by atomic mass is 15.1. The fraction of sp³-hybridized carbons (Fsp3) is 0.909. The first kappa shape index (κ1) is 23.8. The van der Waals surface area contributed by atoms with Crippen molar-refractivity contribution in [1.82, 2.24) is 4.90 Å². The van der Waals surface area contributed by atoms with E-state index in [0.717, 1.165) is 6.04 Å². The summed E-state index contributed by atoms with van der Waals surface area (Å²) < 4.78 is 0. The predicted molar refractivity (Wildman–Crippen MR) is 116 cm³/mol. The molecule has 2 aliphatic rings. The third-order valence-electron chi connectivity index (χ3n) is 5.44. The van der Waals surface area contributed by atoms with Crippen LogP contribution in [0.1, 0.15) is 92.4 Å². The van der Waals surface area contributed by atoms with Crippen molar-refractivity contribution in [1.29, 1.82) is 5.41 Å². The normalized spacial score (nSPS) is 23.5. The van der Waals surface area contributed by atoms with E-state index >= 15 is 0 Å². The van der Waals surface area contributed by atoms with E-state index < -0.39 is 0 Å². The molecule has 0 spiro atoms. The molecule has 5 heteroatoms. The Labute approximate surface area is 167 Å². The van der Waals surface area contributed by atoms with E-state index in [4.69, 9.17) is 5.41 Å². The van der Waals surface area contributed by atoms with Crippen molar-refractivity contribution in [3.05, 3.63) is 0 Å². The van der Waals surface area contributed by atoms with E-state index in [-0.39, 0.29) is 5.54 Å². The summed E-state index contributed by atoms with van der Waals surface area (Å²) in [6.07, 6.45) is 11.6. The summed E-state index contributed by atoms with van der Waals surface area (Å²) >= 11 is 0. The molecule has 0 bridgehead atoms. The maximum absolute atomic E-state index is 6.44. The molecule has 2 saturated carbocycles. The smallest absolute Gasteiger partial charge is 0.0898 e. The van der Waals surface area contributed by atoms with Crippen LogP contribution in [-0.2, 0) is 0 Å². The predicted octanol–water partition coefficient (Wildman–Crippen LogP) is 5.68. The minimum atomic E-state index is -0.123. The molecule has 0 saturated heterocycles. The monoisotopic (exact) mass is 375 g/mol. The fourth-order valence-corrected chi connectivity index (χ4v) is 3.87. The Morgan fingerprint density at radius 1 is 0.852 bits per heavy atom. The third kappa shape index (κ3) is 10.6. The summed E-state index contributed by atoms with van der Waals surface area (Å²) in [5, 5.41) is 6.44. The van der Waals surface area contributed by atoms with Gasteiger partial charge in [0.25, 0.3) is 0 Å². The van der Waals surface area contributed by atoms with E-state index in [2.05, 4.69) is 39.7 Å². The van der Waals surface area contributed by atoms with Gasteiger partial charge in [0.1, 0.15) is 0 Å². The first-order chi connectivity index (χ1) is 12.9. The zero-order chi connectivity index (χ0) is 20.1. The molecule has 0 aliphatic heterocycles. The lowest BCUT2D eigenvalue weighted by molar-refractivity contribution is 0.165. The van der Waals surface area contributed by atoms with Gasteiger partial charge in [-0.3, -0.25) is 0 Å². The molecular weight excluding hydrogens is 334 g/mol. The van der Waals surface area contributed by atoms with Gasteiger partial charge in [0.2, 0.25) is 0 Å². The highest BCUT2D eigenvalue weighted by Crippen LogP contribution is 2.25. The molecule has 0 amide bonds. The molecule has 154 valence electrons. The highest BCUT2D eigenvalue weighted by molar-refractivity contribution is 5.42. The Morgan fingerprint density at radius 2 is 1.37 bits per heavy atom. The van der Waals surface area contributed by atoms with Gasteiger partial charge in [0.15, 0.2) is 0 Å². The molecule has 2 rings (SSSR count). The molecule has 0 aromatic heterocycles. The summed E-state index contributed by atoms with van der Waals surface area (Å²) in [6, 6.07) is 6.79. The maximum Gasteiger partial charge on any atom is 0.0898 e. The second kappa shape index (κ2) is 13.0. The lowest BCUT2D eigenvalue weighted by Gasteiger charge is -2.34. The zero-order valence-electron chi connectivity index (χ0n) is 18.3. The van der Waals surface area contributed by atoms with Gasteiger partial charge in [-0.1, -0.05) is 33.1 Å². The van der Waals surface area contributed by atoms with Gasteiger partial charge in [0, 0.05) is 6.04 Å². The number of hydrogen-bond acceptors (Lipinski definition) is 5. The van der Waals surface area contributed by atoms with Crippen molar-refractivity contribution in [2.24, 2.45) is 15.0 Å². The Bertz CT molecular complexity index is 491. The van der Waals surface area contributed by atoms with Crippen LogP contribution in [0.5, 0.6) is 0 Å². The van der Waals surface area contributed by atoms with Crippen LogP contribution in [0.4, 0.5) is 0 Å². The summed E-state index contributed by atoms with van der Waals surface area (Å²) in [6.45, 7) is 12.7. The molecule has 27 heavy (non-hydrogen) atoms. The van der Waals surface area contributed by atoms with Crippen molar-refractivity contribution in [2.45, 2.75) is 116 Å². The molecule has 1 N–H and O–H groups in total. The second-order valence-electron chi connectivity index (χ2n) is 8.73. The van der Waals surface area contributed by atoms with Crippen LogP contribution in [0.25, 0.3) is 0 Å². The van der Waals surface area contributed by atoms with Gasteiger partial charge >= 0.3 is 0 Å². The molecule has 0 radical (unpaired) electrons. The molecule has 0 heterocycles. The fourth-order valence-electron chi connectivity index (χ4n) is 3.87. The Hall–Kier alpha value is -1.28. The van der Waals surface area contributed by atoms with Gasteiger partial charge in [-0.15, -0.1) is 0 Å². The Morgan fingerprint density at radius 3 is 1.78 bits per heavy atom.